The van der Waals surface area contributed by atoms with Crippen molar-refractivity contribution in [3.8, 4) is 0 Å². The van der Waals surface area contributed by atoms with Gasteiger partial charge in [-0.05, 0) is 30.5 Å². The molecule has 1 saturated heterocycles. The molecule has 0 spiro atoms. The molecule has 1 N–H and O–H groups in total. The third-order valence-corrected chi connectivity index (χ3v) is 5.31. The van der Waals surface area contributed by atoms with Gasteiger partial charge < -0.3 is 9.84 Å². The maximum atomic E-state index is 12.8. The molecule has 5 nitrogen and oxygen atoms in total. The normalized spacial score (nSPS) is 21.2. The standard InChI is InChI=1S/C17H18ClNO4S/c18-12-5-3-11(4-6-12)14-15(24-9-7-20)17(22)19(16(14)21)10-13-2-1-8-23-13/h3-6,13,20H,1-2,7-10H2. The third kappa shape index (κ3) is 3.52. The topological polar surface area (TPSA) is 66.8 Å². The Hall–Kier alpha value is -1.34. The minimum Gasteiger partial charge on any atom is -0.396 e. The number of aliphatic hydroxyl groups is 1. The number of carbonyl (C=O) groups is 2. The first kappa shape index (κ1) is 17.5. The summed E-state index contributed by atoms with van der Waals surface area (Å²) >= 11 is 7.12. The Morgan fingerprint density at radius 1 is 1.25 bits per heavy atom. The first-order chi connectivity index (χ1) is 11.6. The highest BCUT2D eigenvalue weighted by Crippen LogP contribution is 2.36. The second-order valence-electron chi connectivity index (χ2n) is 5.64. The Morgan fingerprint density at radius 3 is 2.62 bits per heavy atom. The van der Waals surface area contributed by atoms with Crippen LogP contribution in [0, 0.1) is 0 Å². The summed E-state index contributed by atoms with van der Waals surface area (Å²) in [5.74, 6) is -0.253. The fraction of sp³-hybridized carbons (Fsp3) is 0.412. The van der Waals surface area contributed by atoms with E-state index in [1.807, 2.05) is 0 Å². The number of amides is 2. The number of carbonyl (C=O) groups excluding carboxylic acids is 2. The van der Waals surface area contributed by atoms with E-state index in [0.717, 1.165) is 12.8 Å². The highest BCUT2D eigenvalue weighted by atomic mass is 35.5. The van der Waals surface area contributed by atoms with Crippen molar-refractivity contribution in [3.63, 3.8) is 0 Å². The van der Waals surface area contributed by atoms with Crippen molar-refractivity contribution in [2.45, 2.75) is 18.9 Å². The number of ether oxygens (including phenoxy) is 1. The molecule has 1 unspecified atom stereocenters. The SMILES string of the molecule is O=C1C(SCCO)=C(c2ccc(Cl)cc2)C(=O)N1CC1CCCO1. The molecule has 2 aliphatic rings. The van der Waals surface area contributed by atoms with Crippen molar-refractivity contribution in [1.29, 1.82) is 0 Å². The van der Waals surface area contributed by atoms with E-state index in [0.29, 0.717) is 33.4 Å². The van der Waals surface area contributed by atoms with Crippen molar-refractivity contribution < 1.29 is 19.4 Å². The summed E-state index contributed by atoms with van der Waals surface area (Å²) in [6, 6.07) is 6.85. The van der Waals surface area contributed by atoms with Crippen molar-refractivity contribution in [2.75, 3.05) is 25.5 Å². The summed E-state index contributed by atoms with van der Waals surface area (Å²) in [5, 5.41) is 9.64. The minimum absolute atomic E-state index is 0.0602. The molecule has 2 amide bonds. The zero-order valence-electron chi connectivity index (χ0n) is 13.0. The average Bonchev–Trinajstić information content (AvgIpc) is 3.16. The molecular weight excluding hydrogens is 350 g/mol. The highest BCUT2D eigenvalue weighted by Gasteiger charge is 2.40. The average molecular weight is 368 g/mol. The van der Waals surface area contributed by atoms with E-state index in [1.165, 1.54) is 16.7 Å². The Labute approximate surface area is 149 Å². The van der Waals surface area contributed by atoms with Crippen LogP contribution in [0.3, 0.4) is 0 Å². The van der Waals surface area contributed by atoms with Gasteiger partial charge in [-0.15, -0.1) is 11.8 Å². The molecule has 1 fully saturated rings. The number of aliphatic hydroxyl groups excluding tert-OH is 1. The summed E-state index contributed by atoms with van der Waals surface area (Å²) in [7, 11) is 0. The van der Waals surface area contributed by atoms with Gasteiger partial charge in [0.25, 0.3) is 11.8 Å². The van der Waals surface area contributed by atoms with Crippen molar-refractivity contribution >= 4 is 40.8 Å². The molecule has 0 aliphatic carbocycles. The summed E-state index contributed by atoms with van der Waals surface area (Å²) in [4.78, 5) is 27.2. The molecule has 3 rings (SSSR count). The monoisotopic (exact) mass is 367 g/mol. The van der Waals surface area contributed by atoms with Gasteiger partial charge >= 0.3 is 0 Å². The highest BCUT2D eigenvalue weighted by molar-refractivity contribution is 8.04. The number of nitrogens with zero attached hydrogens (tertiary/aromatic N) is 1. The number of hydrogen-bond donors (Lipinski definition) is 1. The van der Waals surface area contributed by atoms with E-state index in [2.05, 4.69) is 0 Å². The molecule has 7 heteroatoms. The van der Waals surface area contributed by atoms with Crippen LogP contribution in [0.15, 0.2) is 29.2 Å². The van der Waals surface area contributed by atoms with Gasteiger partial charge in [0.2, 0.25) is 0 Å². The molecule has 0 radical (unpaired) electrons. The first-order valence-corrected chi connectivity index (χ1v) is 9.20. The molecule has 0 aromatic heterocycles. The Bertz CT molecular complexity index is 668. The van der Waals surface area contributed by atoms with E-state index >= 15 is 0 Å². The largest absolute Gasteiger partial charge is 0.396 e. The Morgan fingerprint density at radius 2 is 2.00 bits per heavy atom. The minimum atomic E-state index is -0.307. The van der Waals surface area contributed by atoms with Crippen LogP contribution in [-0.4, -0.2) is 53.4 Å². The Kier molecular flexibility index (Phi) is 5.61. The molecule has 0 saturated carbocycles. The molecule has 1 aromatic rings. The van der Waals surface area contributed by atoms with Crippen LogP contribution < -0.4 is 0 Å². The molecular formula is C17H18ClNO4S. The number of thioether (sulfide) groups is 1. The quantitative estimate of drug-likeness (QED) is 0.781. The summed E-state index contributed by atoms with van der Waals surface area (Å²) in [5.41, 5.74) is 1.04. The first-order valence-electron chi connectivity index (χ1n) is 7.83. The molecule has 1 atom stereocenters. The van der Waals surface area contributed by atoms with Crippen LogP contribution in [0.4, 0.5) is 0 Å². The molecule has 2 heterocycles. The lowest BCUT2D eigenvalue weighted by Crippen LogP contribution is -2.37. The van der Waals surface area contributed by atoms with Gasteiger partial charge in [-0.3, -0.25) is 14.5 Å². The van der Waals surface area contributed by atoms with E-state index in [4.69, 9.17) is 21.4 Å². The van der Waals surface area contributed by atoms with Crippen LogP contribution in [-0.2, 0) is 14.3 Å². The smallest absolute Gasteiger partial charge is 0.268 e. The van der Waals surface area contributed by atoms with Gasteiger partial charge in [0.1, 0.15) is 0 Å². The fourth-order valence-electron chi connectivity index (χ4n) is 2.86. The summed E-state index contributed by atoms with van der Waals surface area (Å²) in [6.07, 6.45) is 1.71. The molecule has 0 bridgehead atoms. The third-order valence-electron chi connectivity index (χ3n) is 4.01. The predicted octanol–water partition coefficient (Wildman–Crippen LogP) is 2.32. The molecule has 24 heavy (non-hydrogen) atoms. The molecule has 1 aromatic carbocycles. The van der Waals surface area contributed by atoms with Crippen LogP contribution in [0.5, 0.6) is 0 Å². The molecule has 128 valence electrons. The van der Waals surface area contributed by atoms with E-state index in [9.17, 15) is 9.59 Å². The van der Waals surface area contributed by atoms with E-state index in [-0.39, 0.29) is 31.1 Å². The number of halogens is 1. The zero-order chi connectivity index (χ0) is 17.1. The van der Waals surface area contributed by atoms with Crippen molar-refractivity contribution in [3.05, 3.63) is 39.8 Å². The van der Waals surface area contributed by atoms with Crippen LogP contribution in [0.1, 0.15) is 18.4 Å². The number of rotatable bonds is 6. The number of benzene rings is 1. The number of hydrogen-bond acceptors (Lipinski definition) is 5. The van der Waals surface area contributed by atoms with Crippen LogP contribution >= 0.6 is 23.4 Å². The van der Waals surface area contributed by atoms with Crippen LogP contribution in [0.2, 0.25) is 5.02 Å². The van der Waals surface area contributed by atoms with Crippen LogP contribution in [0.25, 0.3) is 5.57 Å². The maximum absolute atomic E-state index is 12.8. The van der Waals surface area contributed by atoms with Gasteiger partial charge in [-0.1, -0.05) is 23.7 Å². The zero-order valence-corrected chi connectivity index (χ0v) is 14.6. The second-order valence-corrected chi connectivity index (χ2v) is 7.18. The van der Waals surface area contributed by atoms with Gasteiger partial charge in [0.15, 0.2) is 0 Å². The lowest BCUT2D eigenvalue weighted by Gasteiger charge is -2.19. The Balaban J connectivity index is 1.90. The van der Waals surface area contributed by atoms with Gasteiger partial charge in [-0.2, -0.15) is 0 Å². The summed E-state index contributed by atoms with van der Waals surface area (Å²) < 4.78 is 5.56. The summed E-state index contributed by atoms with van der Waals surface area (Å²) in [6.45, 7) is 0.887. The van der Waals surface area contributed by atoms with E-state index < -0.39 is 0 Å². The second kappa shape index (κ2) is 7.70. The van der Waals surface area contributed by atoms with Gasteiger partial charge in [-0.25, -0.2) is 0 Å². The number of imide groups is 1. The lowest BCUT2D eigenvalue weighted by molar-refractivity contribution is -0.138. The maximum Gasteiger partial charge on any atom is 0.268 e. The van der Waals surface area contributed by atoms with Crippen molar-refractivity contribution in [1.82, 2.24) is 4.90 Å². The van der Waals surface area contributed by atoms with Gasteiger partial charge in [0.05, 0.1) is 29.7 Å². The van der Waals surface area contributed by atoms with Gasteiger partial charge in [0, 0.05) is 17.4 Å². The van der Waals surface area contributed by atoms with E-state index in [1.54, 1.807) is 24.3 Å². The predicted molar refractivity (Wildman–Crippen MR) is 93.6 cm³/mol. The van der Waals surface area contributed by atoms with Crippen molar-refractivity contribution in [2.24, 2.45) is 0 Å². The molecule has 2 aliphatic heterocycles. The lowest BCUT2D eigenvalue weighted by atomic mass is 10.1. The fourth-order valence-corrected chi connectivity index (χ4v) is 3.87.